The molecule has 1 N–H and O–H groups in total. The van der Waals surface area contributed by atoms with Crippen LogP contribution in [-0.4, -0.2) is 20.6 Å². The fourth-order valence-corrected chi connectivity index (χ4v) is 3.78. The lowest BCUT2D eigenvalue weighted by Gasteiger charge is -2.17. The molecule has 1 fully saturated rings. The van der Waals surface area contributed by atoms with Gasteiger partial charge >= 0.3 is 12.1 Å². The summed E-state index contributed by atoms with van der Waals surface area (Å²) in [5.41, 5.74) is 1.36. The van der Waals surface area contributed by atoms with E-state index in [1.54, 1.807) is 6.07 Å². The summed E-state index contributed by atoms with van der Waals surface area (Å²) < 4.78 is 40.6. The van der Waals surface area contributed by atoms with Gasteiger partial charge in [0.2, 0.25) is 0 Å². The third kappa shape index (κ3) is 3.18. The first kappa shape index (κ1) is 17.6. The van der Waals surface area contributed by atoms with Crippen LogP contribution in [0.15, 0.2) is 42.5 Å². The first-order valence-corrected chi connectivity index (χ1v) is 8.77. The normalized spacial score (nSPS) is 15.5. The molecule has 0 saturated heterocycles. The first-order valence-electron chi connectivity index (χ1n) is 8.77. The lowest BCUT2D eigenvalue weighted by molar-refractivity contribution is -0.137. The van der Waals surface area contributed by atoms with Crippen LogP contribution in [0, 0.1) is 0 Å². The van der Waals surface area contributed by atoms with Crippen LogP contribution in [0.4, 0.5) is 13.2 Å². The summed E-state index contributed by atoms with van der Waals surface area (Å²) in [4.78, 5) is 15.8. The van der Waals surface area contributed by atoms with Crippen LogP contribution in [0.25, 0.3) is 22.4 Å². The molecule has 0 bridgehead atoms. The highest BCUT2D eigenvalue weighted by Gasteiger charge is 2.30. The average molecular weight is 374 g/mol. The highest BCUT2D eigenvalue weighted by molar-refractivity contribution is 5.93. The summed E-state index contributed by atoms with van der Waals surface area (Å²) in [5, 5.41) is 9.21. The minimum Gasteiger partial charge on any atom is -0.478 e. The Bertz CT molecular complexity index is 1000. The van der Waals surface area contributed by atoms with Gasteiger partial charge in [-0.05, 0) is 43.2 Å². The number of hydrogen-bond donors (Lipinski definition) is 1. The van der Waals surface area contributed by atoms with Gasteiger partial charge in [0.15, 0.2) is 0 Å². The predicted octanol–water partition coefficient (Wildman–Crippen LogP) is 5.54. The van der Waals surface area contributed by atoms with Gasteiger partial charge in [-0.3, -0.25) is 0 Å². The zero-order valence-corrected chi connectivity index (χ0v) is 14.3. The van der Waals surface area contributed by atoms with E-state index in [9.17, 15) is 23.1 Å². The molecule has 0 atom stereocenters. The molecule has 2 aromatic carbocycles. The minimum atomic E-state index is -4.39. The number of hydrogen-bond acceptors (Lipinski definition) is 2. The maximum Gasteiger partial charge on any atom is 0.416 e. The standard InChI is InChI=1S/C20H17F3N2O2/c21-20(22,23)14-8-5-12(6-9-14)18-24-16-11-13(19(26)27)7-10-17(16)25(18)15-3-1-2-4-15/h5-11,15H,1-4H2,(H,26,27). The van der Waals surface area contributed by atoms with Gasteiger partial charge in [0.25, 0.3) is 0 Å². The van der Waals surface area contributed by atoms with E-state index in [1.165, 1.54) is 24.3 Å². The zero-order valence-electron chi connectivity index (χ0n) is 14.3. The molecule has 1 aliphatic rings. The molecular formula is C20H17F3N2O2. The maximum absolute atomic E-state index is 12.9. The molecular weight excluding hydrogens is 357 g/mol. The van der Waals surface area contributed by atoms with Gasteiger partial charge < -0.3 is 9.67 Å². The number of aromatic carboxylic acids is 1. The number of carbonyl (C=O) groups is 1. The second-order valence-corrected chi connectivity index (χ2v) is 6.83. The number of aromatic nitrogens is 2. The molecule has 1 aromatic heterocycles. The molecule has 3 aromatic rings. The molecule has 0 unspecified atom stereocenters. The number of alkyl halides is 3. The summed E-state index contributed by atoms with van der Waals surface area (Å²) in [7, 11) is 0. The second-order valence-electron chi connectivity index (χ2n) is 6.83. The van der Waals surface area contributed by atoms with Gasteiger partial charge in [0.05, 0.1) is 22.2 Å². The minimum absolute atomic E-state index is 0.137. The number of benzene rings is 2. The Balaban J connectivity index is 1.87. The van der Waals surface area contributed by atoms with Crippen LogP contribution < -0.4 is 0 Å². The molecule has 0 amide bonds. The summed E-state index contributed by atoms with van der Waals surface area (Å²) in [6.07, 6.45) is -0.270. The monoisotopic (exact) mass is 374 g/mol. The van der Waals surface area contributed by atoms with E-state index in [0.29, 0.717) is 16.9 Å². The van der Waals surface area contributed by atoms with Crippen LogP contribution >= 0.6 is 0 Å². The fourth-order valence-electron chi connectivity index (χ4n) is 3.78. The van der Waals surface area contributed by atoms with Gasteiger partial charge in [-0.25, -0.2) is 9.78 Å². The fraction of sp³-hybridized carbons (Fsp3) is 0.300. The Kier molecular flexibility index (Phi) is 4.17. The van der Waals surface area contributed by atoms with E-state index >= 15 is 0 Å². The molecule has 0 aliphatic heterocycles. The number of fused-ring (bicyclic) bond motifs is 1. The summed E-state index contributed by atoms with van der Waals surface area (Å²) in [6, 6.07) is 9.94. The van der Waals surface area contributed by atoms with Crippen LogP contribution in [0.3, 0.4) is 0 Å². The van der Waals surface area contributed by atoms with Crippen molar-refractivity contribution in [2.75, 3.05) is 0 Å². The van der Waals surface area contributed by atoms with Crippen molar-refractivity contribution in [1.82, 2.24) is 9.55 Å². The van der Waals surface area contributed by atoms with Crippen molar-refractivity contribution in [2.24, 2.45) is 0 Å². The average Bonchev–Trinajstić information content (AvgIpc) is 3.27. The Morgan fingerprint density at radius 1 is 1.07 bits per heavy atom. The zero-order chi connectivity index (χ0) is 19.2. The number of halogens is 3. The van der Waals surface area contributed by atoms with Crippen LogP contribution in [0.5, 0.6) is 0 Å². The van der Waals surface area contributed by atoms with Crippen molar-refractivity contribution in [3.8, 4) is 11.4 Å². The van der Waals surface area contributed by atoms with Crippen molar-refractivity contribution >= 4 is 17.0 Å². The smallest absolute Gasteiger partial charge is 0.416 e. The molecule has 1 saturated carbocycles. The lowest BCUT2D eigenvalue weighted by atomic mass is 10.1. The maximum atomic E-state index is 12.9. The Hall–Kier alpha value is -2.83. The van der Waals surface area contributed by atoms with Crippen molar-refractivity contribution in [3.63, 3.8) is 0 Å². The molecule has 1 heterocycles. The molecule has 0 spiro atoms. The highest BCUT2D eigenvalue weighted by atomic mass is 19.4. The largest absolute Gasteiger partial charge is 0.478 e. The van der Waals surface area contributed by atoms with Crippen LogP contribution in [-0.2, 0) is 6.18 Å². The van der Waals surface area contributed by atoms with Gasteiger partial charge in [-0.2, -0.15) is 13.2 Å². The number of carboxylic acid groups (broad SMARTS) is 1. The van der Waals surface area contributed by atoms with Gasteiger partial charge in [-0.1, -0.05) is 25.0 Å². The predicted molar refractivity (Wildman–Crippen MR) is 94.6 cm³/mol. The lowest BCUT2D eigenvalue weighted by Crippen LogP contribution is -2.07. The summed E-state index contributed by atoms with van der Waals surface area (Å²) in [6.45, 7) is 0. The van der Waals surface area contributed by atoms with Crippen LogP contribution in [0.1, 0.15) is 47.6 Å². The number of rotatable bonds is 3. The van der Waals surface area contributed by atoms with Crippen molar-refractivity contribution < 1.29 is 23.1 Å². The topological polar surface area (TPSA) is 55.1 Å². The Morgan fingerprint density at radius 3 is 2.33 bits per heavy atom. The quantitative estimate of drug-likeness (QED) is 0.655. The van der Waals surface area contributed by atoms with E-state index < -0.39 is 17.7 Å². The van der Waals surface area contributed by atoms with E-state index in [2.05, 4.69) is 9.55 Å². The molecule has 7 heteroatoms. The Labute approximate surface area is 153 Å². The second kappa shape index (κ2) is 6.40. The first-order chi connectivity index (χ1) is 12.8. The summed E-state index contributed by atoms with van der Waals surface area (Å²) >= 11 is 0. The summed E-state index contributed by atoms with van der Waals surface area (Å²) in [5.74, 6) is -0.462. The highest BCUT2D eigenvalue weighted by Crippen LogP contribution is 2.38. The molecule has 4 nitrogen and oxygen atoms in total. The van der Waals surface area contributed by atoms with E-state index in [4.69, 9.17) is 0 Å². The number of imidazole rings is 1. The van der Waals surface area contributed by atoms with E-state index in [-0.39, 0.29) is 11.6 Å². The molecule has 1 aliphatic carbocycles. The molecule has 0 radical (unpaired) electrons. The van der Waals surface area contributed by atoms with Gasteiger partial charge in [-0.15, -0.1) is 0 Å². The van der Waals surface area contributed by atoms with E-state index in [0.717, 1.165) is 43.3 Å². The Morgan fingerprint density at radius 2 is 1.74 bits per heavy atom. The van der Waals surface area contributed by atoms with E-state index in [1.807, 2.05) is 0 Å². The molecule has 140 valence electrons. The molecule has 27 heavy (non-hydrogen) atoms. The van der Waals surface area contributed by atoms with Crippen LogP contribution in [0.2, 0.25) is 0 Å². The van der Waals surface area contributed by atoms with Crippen molar-refractivity contribution in [1.29, 1.82) is 0 Å². The van der Waals surface area contributed by atoms with Crippen molar-refractivity contribution in [3.05, 3.63) is 53.6 Å². The number of carboxylic acids is 1. The number of nitrogens with zero attached hydrogens (tertiary/aromatic N) is 2. The third-order valence-electron chi connectivity index (χ3n) is 5.10. The SMILES string of the molecule is O=C(O)c1ccc2c(c1)nc(-c1ccc(C(F)(F)F)cc1)n2C1CCCC1. The third-order valence-corrected chi connectivity index (χ3v) is 5.10. The van der Waals surface area contributed by atoms with Gasteiger partial charge in [0, 0.05) is 11.6 Å². The molecule has 4 rings (SSSR count). The van der Waals surface area contributed by atoms with Gasteiger partial charge in [0.1, 0.15) is 5.82 Å². The van der Waals surface area contributed by atoms with Crippen molar-refractivity contribution in [2.45, 2.75) is 37.9 Å².